The topological polar surface area (TPSA) is 98.2 Å². The molecule has 3 rings (SSSR count). The predicted molar refractivity (Wildman–Crippen MR) is 92.9 cm³/mol. The van der Waals surface area contributed by atoms with E-state index in [0.717, 1.165) is 17.5 Å². The minimum atomic E-state index is -0.379. The van der Waals surface area contributed by atoms with Gasteiger partial charge in [0.1, 0.15) is 11.9 Å². The number of benzene rings is 1. The van der Waals surface area contributed by atoms with Gasteiger partial charge >= 0.3 is 5.97 Å². The number of nitriles is 1. The van der Waals surface area contributed by atoms with Gasteiger partial charge in [0.05, 0.1) is 30.0 Å². The molecule has 0 saturated carbocycles. The lowest BCUT2D eigenvalue weighted by atomic mass is 9.93. The molecule has 2 heterocycles. The van der Waals surface area contributed by atoms with Crippen LogP contribution in [0.4, 0.5) is 5.82 Å². The van der Waals surface area contributed by atoms with Gasteiger partial charge in [0.2, 0.25) is 0 Å². The van der Waals surface area contributed by atoms with Crippen LogP contribution >= 0.6 is 0 Å². The summed E-state index contributed by atoms with van der Waals surface area (Å²) < 4.78 is 10.5. The van der Waals surface area contributed by atoms with Crippen molar-refractivity contribution in [2.45, 2.75) is 19.3 Å². The summed E-state index contributed by atoms with van der Waals surface area (Å²) in [7, 11) is 0. The van der Waals surface area contributed by atoms with E-state index in [4.69, 9.17) is 15.2 Å². The first-order chi connectivity index (χ1) is 12.1. The fourth-order valence-electron chi connectivity index (χ4n) is 2.98. The molecular weight excluding hydrogens is 318 g/mol. The summed E-state index contributed by atoms with van der Waals surface area (Å²) >= 11 is 0. The van der Waals surface area contributed by atoms with E-state index >= 15 is 0 Å². The molecule has 6 heteroatoms. The van der Waals surface area contributed by atoms with Crippen molar-refractivity contribution in [3.63, 3.8) is 0 Å². The van der Waals surface area contributed by atoms with E-state index in [0.29, 0.717) is 36.6 Å². The molecular formula is C19H19N3O3. The van der Waals surface area contributed by atoms with E-state index < -0.39 is 0 Å². The number of nitrogen functional groups attached to an aromatic ring is 1. The number of hydrogen-bond acceptors (Lipinski definition) is 6. The fourth-order valence-corrected chi connectivity index (χ4v) is 2.98. The zero-order valence-corrected chi connectivity index (χ0v) is 14.0. The van der Waals surface area contributed by atoms with Gasteiger partial charge in [0.15, 0.2) is 0 Å². The Labute approximate surface area is 146 Å². The van der Waals surface area contributed by atoms with Gasteiger partial charge in [-0.25, -0.2) is 9.78 Å². The highest BCUT2D eigenvalue weighted by Gasteiger charge is 2.24. The molecule has 0 aliphatic carbocycles. The second-order valence-corrected chi connectivity index (χ2v) is 5.83. The minimum absolute atomic E-state index is 0.131. The van der Waals surface area contributed by atoms with Crippen LogP contribution < -0.4 is 5.73 Å². The first kappa shape index (κ1) is 16.9. The molecule has 0 amide bonds. The molecule has 0 unspecified atom stereocenters. The third-order valence-electron chi connectivity index (χ3n) is 4.23. The molecule has 1 saturated heterocycles. The van der Waals surface area contributed by atoms with Crippen LogP contribution in [0.15, 0.2) is 30.3 Å². The maximum atomic E-state index is 11.9. The number of esters is 1. The number of ether oxygens (including phenoxy) is 2. The molecule has 128 valence electrons. The van der Waals surface area contributed by atoms with Crippen LogP contribution in [0.3, 0.4) is 0 Å². The number of nitrogens with two attached hydrogens (primary N) is 1. The Balaban J connectivity index is 2.04. The second kappa shape index (κ2) is 7.32. The number of hydrogen-bond donors (Lipinski definition) is 1. The largest absolute Gasteiger partial charge is 0.462 e. The molecule has 2 N–H and O–H groups in total. The molecule has 1 fully saturated rings. The van der Waals surface area contributed by atoms with Crippen molar-refractivity contribution in [2.24, 2.45) is 0 Å². The van der Waals surface area contributed by atoms with Gasteiger partial charge < -0.3 is 15.2 Å². The van der Waals surface area contributed by atoms with Gasteiger partial charge in [-0.1, -0.05) is 12.1 Å². The van der Waals surface area contributed by atoms with E-state index in [9.17, 15) is 10.1 Å². The Morgan fingerprint density at radius 3 is 3.00 bits per heavy atom. The van der Waals surface area contributed by atoms with Crippen LogP contribution in [-0.2, 0) is 9.47 Å². The molecule has 6 nitrogen and oxygen atoms in total. The molecule has 1 aromatic carbocycles. The normalized spacial score (nSPS) is 16.4. The molecule has 2 aromatic rings. The van der Waals surface area contributed by atoms with E-state index in [-0.39, 0.29) is 17.7 Å². The van der Waals surface area contributed by atoms with Gasteiger partial charge in [-0.2, -0.15) is 5.26 Å². The molecule has 0 spiro atoms. The SMILES string of the molecule is CCOC(=O)c1cccc(-c2cc([C@H]3CCOC3)c(C#N)c(N)n2)c1. The minimum Gasteiger partial charge on any atom is -0.462 e. The zero-order chi connectivity index (χ0) is 17.8. The molecule has 1 aliphatic heterocycles. The Hall–Kier alpha value is -2.91. The first-order valence-electron chi connectivity index (χ1n) is 8.19. The van der Waals surface area contributed by atoms with Crippen molar-refractivity contribution in [1.29, 1.82) is 5.26 Å². The highest BCUT2D eigenvalue weighted by Crippen LogP contribution is 2.33. The summed E-state index contributed by atoms with van der Waals surface area (Å²) in [5.41, 5.74) is 9.11. The molecule has 0 radical (unpaired) electrons. The smallest absolute Gasteiger partial charge is 0.338 e. The van der Waals surface area contributed by atoms with Crippen molar-refractivity contribution < 1.29 is 14.3 Å². The lowest BCUT2D eigenvalue weighted by molar-refractivity contribution is 0.0526. The maximum Gasteiger partial charge on any atom is 0.338 e. The maximum absolute atomic E-state index is 11.9. The summed E-state index contributed by atoms with van der Waals surface area (Å²) in [4.78, 5) is 16.3. The van der Waals surface area contributed by atoms with Crippen molar-refractivity contribution in [2.75, 3.05) is 25.6 Å². The molecule has 1 atom stereocenters. The second-order valence-electron chi connectivity index (χ2n) is 5.83. The number of nitrogens with zero attached hydrogens (tertiary/aromatic N) is 2. The number of carbonyl (C=O) groups is 1. The molecule has 1 aromatic heterocycles. The zero-order valence-electron chi connectivity index (χ0n) is 14.0. The van der Waals surface area contributed by atoms with E-state index in [2.05, 4.69) is 11.1 Å². The summed E-state index contributed by atoms with van der Waals surface area (Å²) in [5, 5.41) is 9.43. The monoisotopic (exact) mass is 337 g/mol. The molecule has 0 bridgehead atoms. The quantitative estimate of drug-likeness (QED) is 0.861. The van der Waals surface area contributed by atoms with Crippen LogP contribution in [0.1, 0.15) is 40.7 Å². The van der Waals surface area contributed by atoms with Gasteiger partial charge in [0.25, 0.3) is 0 Å². The Bertz CT molecular complexity index is 836. The van der Waals surface area contributed by atoms with Crippen LogP contribution in [0.5, 0.6) is 0 Å². The van der Waals surface area contributed by atoms with E-state index in [1.165, 1.54) is 0 Å². The van der Waals surface area contributed by atoms with Gasteiger partial charge in [-0.15, -0.1) is 0 Å². The third kappa shape index (κ3) is 3.47. The van der Waals surface area contributed by atoms with Crippen molar-refractivity contribution >= 4 is 11.8 Å². The van der Waals surface area contributed by atoms with Crippen LogP contribution in [0, 0.1) is 11.3 Å². The number of anilines is 1. The molecule has 1 aliphatic rings. The van der Waals surface area contributed by atoms with Crippen LogP contribution in [0.25, 0.3) is 11.3 Å². The summed E-state index contributed by atoms with van der Waals surface area (Å²) in [6.07, 6.45) is 0.848. The average molecular weight is 337 g/mol. The highest BCUT2D eigenvalue weighted by molar-refractivity contribution is 5.91. The predicted octanol–water partition coefficient (Wildman–Crippen LogP) is 2.88. The first-order valence-corrected chi connectivity index (χ1v) is 8.19. The number of aromatic nitrogens is 1. The van der Waals surface area contributed by atoms with Crippen molar-refractivity contribution in [1.82, 2.24) is 4.98 Å². The van der Waals surface area contributed by atoms with E-state index in [1.54, 1.807) is 25.1 Å². The standard InChI is InChI=1S/C19H19N3O3/c1-2-25-19(23)13-5-3-4-12(8-13)17-9-15(14-6-7-24-11-14)16(10-20)18(21)22-17/h3-5,8-9,14H,2,6-7,11H2,1H3,(H2,21,22)/t14-/m0/s1. The number of rotatable bonds is 4. The average Bonchev–Trinajstić information content (AvgIpc) is 3.16. The Morgan fingerprint density at radius 1 is 1.48 bits per heavy atom. The van der Waals surface area contributed by atoms with E-state index in [1.807, 2.05) is 12.1 Å². The lowest BCUT2D eigenvalue weighted by Gasteiger charge is -2.14. The third-order valence-corrected chi connectivity index (χ3v) is 4.23. The summed E-state index contributed by atoms with van der Waals surface area (Å²) in [6.45, 7) is 3.32. The fraction of sp³-hybridized carbons (Fsp3) is 0.316. The lowest BCUT2D eigenvalue weighted by Crippen LogP contribution is -2.07. The van der Waals surface area contributed by atoms with Gasteiger partial charge in [-0.3, -0.25) is 0 Å². The highest BCUT2D eigenvalue weighted by atomic mass is 16.5. The Kier molecular flexibility index (Phi) is 4.96. The van der Waals surface area contributed by atoms with Gasteiger partial charge in [0, 0.05) is 18.1 Å². The number of carbonyl (C=O) groups excluding carboxylic acids is 1. The van der Waals surface area contributed by atoms with Crippen molar-refractivity contribution in [3.05, 3.63) is 47.0 Å². The number of pyridine rings is 1. The van der Waals surface area contributed by atoms with Crippen LogP contribution in [-0.4, -0.2) is 30.8 Å². The van der Waals surface area contributed by atoms with Crippen LogP contribution in [0.2, 0.25) is 0 Å². The van der Waals surface area contributed by atoms with Gasteiger partial charge in [-0.05, 0) is 37.1 Å². The molecule has 25 heavy (non-hydrogen) atoms. The summed E-state index contributed by atoms with van der Waals surface area (Å²) in [6, 6.07) is 11.1. The Morgan fingerprint density at radius 2 is 2.32 bits per heavy atom. The van der Waals surface area contributed by atoms with Crippen molar-refractivity contribution in [3.8, 4) is 17.3 Å². The summed E-state index contributed by atoms with van der Waals surface area (Å²) in [5.74, 6) is -0.0502.